The molecule has 0 radical (unpaired) electrons. The predicted octanol–water partition coefficient (Wildman–Crippen LogP) is 2.19. The molecule has 2 rings (SSSR count). The van der Waals surface area contributed by atoms with E-state index in [1.807, 2.05) is 13.8 Å². The molecule has 0 aliphatic heterocycles. The maximum absolute atomic E-state index is 12.3. The van der Waals surface area contributed by atoms with E-state index in [2.05, 4.69) is 5.32 Å². The Balaban J connectivity index is 2.11. The quantitative estimate of drug-likeness (QED) is 0.862. The Morgan fingerprint density at radius 1 is 1.26 bits per heavy atom. The summed E-state index contributed by atoms with van der Waals surface area (Å²) < 4.78 is 0. The van der Waals surface area contributed by atoms with Crippen LogP contribution >= 0.6 is 11.3 Å². The Kier molecular flexibility index (Phi) is 5.41. The third-order valence-electron chi connectivity index (χ3n) is 4.37. The van der Waals surface area contributed by atoms with Crippen molar-refractivity contribution in [3.63, 3.8) is 0 Å². The highest BCUT2D eigenvalue weighted by Crippen LogP contribution is 2.32. The Bertz CT molecular complexity index is 633. The molecule has 1 fully saturated rings. The molecule has 0 aromatic carbocycles. The molecule has 1 heterocycles. The van der Waals surface area contributed by atoms with Gasteiger partial charge in [-0.15, -0.1) is 11.3 Å². The van der Waals surface area contributed by atoms with Crippen LogP contribution in [0, 0.1) is 13.8 Å². The average molecular weight is 337 g/mol. The maximum atomic E-state index is 12.3. The SMILES string of the molecule is CC(=O)N(CC(=O)Nc1sc(C)c(C)c1C(N)=O)C1CCCC1. The number of thiophene rings is 1. The van der Waals surface area contributed by atoms with Crippen LogP contribution in [0.25, 0.3) is 0 Å². The van der Waals surface area contributed by atoms with Crippen molar-refractivity contribution in [3.05, 3.63) is 16.0 Å². The van der Waals surface area contributed by atoms with Gasteiger partial charge in [-0.1, -0.05) is 12.8 Å². The number of nitrogens with one attached hydrogen (secondary N) is 1. The van der Waals surface area contributed by atoms with Gasteiger partial charge in [0.25, 0.3) is 5.91 Å². The molecular formula is C16H23N3O3S. The van der Waals surface area contributed by atoms with Gasteiger partial charge in [-0.2, -0.15) is 0 Å². The third kappa shape index (κ3) is 3.90. The number of hydrogen-bond acceptors (Lipinski definition) is 4. The van der Waals surface area contributed by atoms with E-state index in [1.165, 1.54) is 18.3 Å². The van der Waals surface area contributed by atoms with E-state index >= 15 is 0 Å². The molecule has 6 nitrogen and oxygen atoms in total. The number of nitrogens with zero attached hydrogens (tertiary/aromatic N) is 1. The highest BCUT2D eigenvalue weighted by molar-refractivity contribution is 7.16. The molecule has 0 atom stereocenters. The number of amides is 3. The van der Waals surface area contributed by atoms with Gasteiger partial charge in [-0.05, 0) is 32.3 Å². The molecule has 126 valence electrons. The lowest BCUT2D eigenvalue weighted by atomic mass is 10.1. The second-order valence-corrected chi connectivity index (χ2v) is 7.21. The summed E-state index contributed by atoms with van der Waals surface area (Å²) in [5, 5.41) is 3.21. The summed E-state index contributed by atoms with van der Waals surface area (Å²) in [6.45, 7) is 5.18. The molecule has 0 saturated heterocycles. The van der Waals surface area contributed by atoms with Crippen LogP contribution in [0.4, 0.5) is 5.00 Å². The number of aryl methyl sites for hydroxylation is 1. The van der Waals surface area contributed by atoms with Crippen LogP contribution in [0.1, 0.15) is 53.4 Å². The number of carbonyl (C=O) groups excluding carboxylic acids is 3. The van der Waals surface area contributed by atoms with Gasteiger partial charge in [0, 0.05) is 17.8 Å². The zero-order chi connectivity index (χ0) is 17.1. The topological polar surface area (TPSA) is 92.5 Å². The Hall–Kier alpha value is -1.89. The second-order valence-electron chi connectivity index (χ2n) is 5.98. The zero-order valence-electron chi connectivity index (χ0n) is 13.8. The molecule has 0 unspecified atom stereocenters. The number of primary amides is 1. The van der Waals surface area contributed by atoms with Gasteiger partial charge in [-0.25, -0.2) is 0 Å². The van der Waals surface area contributed by atoms with Crippen molar-refractivity contribution in [2.75, 3.05) is 11.9 Å². The van der Waals surface area contributed by atoms with Crippen LogP contribution in [0.5, 0.6) is 0 Å². The van der Waals surface area contributed by atoms with E-state index < -0.39 is 5.91 Å². The van der Waals surface area contributed by atoms with Crippen LogP contribution < -0.4 is 11.1 Å². The van der Waals surface area contributed by atoms with Gasteiger partial charge in [0.15, 0.2) is 0 Å². The molecule has 1 saturated carbocycles. The molecule has 0 bridgehead atoms. The van der Waals surface area contributed by atoms with Gasteiger partial charge in [-0.3, -0.25) is 14.4 Å². The largest absolute Gasteiger partial charge is 0.365 e. The molecule has 3 N–H and O–H groups in total. The first kappa shape index (κ1) is 17.5. The van der Waals surface area contributed by atoms with Crippen LogP contribution in [-0.4, -0.2) is 35.2 Å². The van der Waals surface area contributed by atoms with Gasteiger partial charge >= 0.3 is 0 Å². The average Bonchev–Trinajstić information content (AvgIpc) is 3.05. The molecule has 7 heteroatoms. The lowest BCUT2D eigenvalue weighted by Crippen LogP contribution is -2.42. The summed E-state index contributed by atoms with van der Waals surface area (Å²) in [6, 6.07) is 0.140. The highest BCUT2D eigenvalue weighted by Gasteiger charge is 2.27. The summed E-state index contributed by atoms with van der Waals surface area (Å²) >= 11 is 1.33. The van der Waals surface area contributed by atoms with E-state index in [0.29, 0.717) is 10.6 Å². The summed E-state index contributed by atoms with van der Waals surface area (Å²) in [6.07, 6.45) is 4.06. The summed E-state index contributed by atoms with van der Waals surface area (Å²) in [4.78, 5) is 38.3. The van der Waals surface area contributed by atoms with E-state index in [-0.39, 0.29) is 24.4 Å². The van der Waals surface area contributed by atoms with Gasteiger partial charge in [0.2, 0.25) is 11.8 Å². The van der Waals surface area contributed by atoms with Crippen LogP contribution in [0.15, 0.2) is 0 Å². The van der Waals surface area contributed by atoms with E-state index in [9.17, 15) is 14.4 Å². The number of nitrogens with two attached hydrogens (primary N) is 1. The van der Waals surface area contributed by atoms with E-state index in [4.69, 9.17) is 5.73 Å². The second kappa shape index (κ2) is 7.12. The highest BCUT2D eigenvalue weighted by atomic mass is 32.1. The fourth-order valence-electron chi connectivity index (χ4n) is 3.05. The molecule has 0 spiro atoms. The standard InChI is InChI=1S/C16H23N3O3S/c1-9-10(2)23-16(14(9)15(17)22)18-13(21)8-19(11(3)20)12-6-4-5-7-12/h12H,4-8H2,1-3H3,(H2,17,22)(H,18,21). The predicted molar refractivity (Wildman–Crippen MR) is 90.6 cm³/mol. The van der Waals surface area contributed by atoms with Gasteiger partial charge in [0.1, 0.15) is 11.5 Å². The first-order chi connectivity index (χ1) is 10.8. The Labute approximate surface area is 140 Å². The van der Waals surface area contributed by atoms with Crippen molar-refractivity contribution in [2.45, 2.75) is 52.5 Å². The minimum Gasteiger partial charge on any atom is -0.365 e. The first-order valence-electron chi connectivity index (χ1n) is 7.78. The lowest BCUT2D eigenvalue weighted by molar-refractivity contribution is -0.135. The molecular weight excluding hydrogens is 314 g/mol. The molecule has 23 heavy (non-hydrogen) atoms. The molecule has 1 aromatic heterocycles. The molecule has 1 aromatic rings. The maximum Gasteiger partial charge on any atom is 0.251 e. The molecule has 1 aliphatic rings. The van der Waals surface area contributed by atoms with Crippen molar-refractivity contribution in [3.8, 4) is 0 Å². The zero-order valence-corrected chi connectivity index (χ0v) is 14.6. The van der Waals surface area contributed by atoms with Crippen molar-refractivity contribution in [1.82, 2.24) is 4.90 Å². The number of rotatable bonds is 5. The summed E-state index contributed by atoms with van der Waals surface area (Å²) in [7, 11) is 0. The van der Waals surface area contributed by atoms with Crippen LogP contribution in [-0.2, 0) is 9.59 Å². The lowest BCUT2D eigenvalue weighted by Gasteiger charge is -2.27. The minimum absolute atomic E-state index is 0.00813. The number of anilines is 1. The van der Waals surface area contributed by atoms with Crippen molar-refractivity contribution in [1.29, 1.82) is 0 Å². The van der Waals surface area contributed by atoms with Crippen molar-refractivity contribution < 1.29 is 14.4 Å². The Morgan fingerprint density at radius 3 is 2.39 bits per heavy atom. The number of carbonyl (C=O) groups is 3. The fourth-order valence-corrected chi connectivity index (χ4v) is 4.13. The van der Waals surface area contributed by atoms with Crippen LogP contribution in [0.2, 0.25) is 0 Å². The summed E-state index contributed by atoms with van der Waals surface area (Å²) in [5.41, 5.74) is 6.55. The smallest absolute Gasteiger partial charge is 0.251 e. The normalized spacial score (nSPS) is 14.7. The molecule has 3 amide bonds. The van der Waals surface area contributed by atoms with E-state index in [1.54, 1.807) is 4.90 Å². The molecule has 1 aliphatic carbocycles. The van der Waals surface area contributed by atoms with Gasteiger partial charge in [0.05, 0.1) is 5.56 Å². The third-order valence-corrected chi connectivity index (χ3v) is 5.49. The number of hydrogen-bond donors (Lipinski definition) is 2. The summed E-state index contributed by atoms with van der Waals surface area (Å²) in [5.74, 6) is -0.946. The Morgan fingerprint density at radius 2 is 1.87 bits per heavy atom. The monoisotopic (exact) mass is 337 g/mol. The van der Waals surface area contributed by atoms with Gasteiger partial charge < -0.3 is 16.0 Å². The minimum atomic E-state index is -0.554. The fraction of sp³-hybridized carbons (Fsp3) is 0.562. The van der Waals surface area contributed by atoms with Crippen molar-refractivity contribution >= 4 is 34.1 Å². The van der Waals surface area contributed by atoms with Crippen molar-refractivity contribution in [2.24, 2.45) is 5.73 Å². The van der Waals surface area contributed by atoms with Crippen LogP contribution in [0.3, 0.4) is 0 Å². The first-order valence-corrected chi connectivity index (χ1v) is 8.59. The van der Waals surface area contributed by atoms with E-state index in [0.717, 1.165) is 36.1 Å².